The van der Waals surface area contributed by atoms with Crippen LogP contribution in [0.25, 0.3) is 45.1 Å². The number of nitrogens with zero attached hydrogens (tertiary/aromatic N) is 1. The van der Waals surface area contributed by atoms with Crippen molar-refractivity contribution >= 4 is 34.0 Å². The third kappa shape index (κ3) is 3.15. The van der Waals surface area contributed by atoms with Crippen LogP contribution >= 0.6 is 0 Å². The maximum absolute atomic E-state index is 2.40. The highest BCUT2D eigenvalue weighted by Crippen LogP contribution is 2.30. The highest BCUT2D eigenvalue weighted by Gasteiger charge is 2.09. The van der Waals surface area contributed by atoms with E-state index in [0.29, 0.717) is 0 Å². The first-order valence-corrected chi connectivity index (χ1v) is 10.2. The lowest BCUT2D eigenvalue weighted by Crippen LogP contribution is -1.92. The summed E-state index contributed by atoms with van der Waals surface area (Å²) in [6, 6.07) is 34.6. The Morgan fingerprint density at radius 2 is 1.38 bits per heavy atom. The maximum atomic E-state index is 2.40. The third-order valence-corrected chi connectivity index (χ3v) is 5.61. The second-order valence-corrected chi connectivity index (χ2v) is 7.32. The molecule has 0 radical (unpaired) electrons. The molecule has 1 heterocycles. The Morgan fingerprint density at radius 1 is 0.655 bits per heavy atom. The van der Waals surface area contributed by atoms with Crippen LogP contribution in [-0.4, -0.2) is 4.57 Å². The lowest BCUT2D eigenvalue weighted by Gasteiger charge is -2.06. The van der Waals surface area contributed by atoms with E-state index in [1.807, 2.05) is 0 Å². The number of hydrogen-bond donors (Lipinski definition) is 0. The van der Waals surface area contributed by atoms with Crippen molar-refractivity contribution in [3.63, 3.8) is 0 Å². The quantitative estimate of drug-likeness (QED) is 0.285. The molecule has 0 saturated heterocycles. The van der Waals surface area contributed by atoms with E-state index < -0.39 is 0 Å². The van der Waals surface area contributed by atoms with Crippen molar-refractivity contribution in [1.29, 1.82) is 0 Å². The SMILES string of the molecule is CCn1c2ccccc2c2ccc(C=Cc3ccccc3-c3ccccc3)cc21. The number of aromatic nitrogens is 1. The first kappa shape index (κ1) is 17.5. The molecule has 29 heavy (non-hydrogen) atoms. The summed E-state index contributed by atoms with van der Waals surface area (Å²) < 4.78 is 2.40. The van der Waals surface area contributed by atoms with E-state index in [-0.39, 0.29) is 0 Å². The largest absolute Gasteiger partial charge is 0.341 e. The molecule has 140 valence electrons. The van der Waals surface area contributed by atoms with Crippen molar-refractivity contribution in [2.75, 3.05) is 0 Å². The average Bonchev–Trinajstić information content (AvgIpc) is 3.11. The van der Waals surface area contributed by atoms with Gasteiger partial charge in [0.05, 0.1) is 0 Å². The van der Waals surface area contributed by atoms with Gasteiger partial charge in [-0.25, -0.2) is 0 Å². The molecule has 5 aromatic rings. The molecular weight excluding hydrogens is 350 g/mol. The van der Waals surface area contributed by atoms with E-state index in [4.69, 9.17) is 0 Å². The molecule has 0 amide bonds. The summed E-state index contributed by atoms with van der Waals surface area (Å²) >= 11 is 0. The van der Waals surface area contributed by atoms with Crippen LogP contribution < -0.4 is 0 Å². The molecule has 1 heteroatoms. The third-order valence-electron chi connectivity index (χ3n) is 5.61. The molecule has 0 aliphatic rings. The van der Waals surface area contributed by atoms with Gasteiger partial charge in [-0.3, -0.25) is 0 Å². The minimum absolute atomic E-state index is 0.966. The van der Waals surface area contributed by atoms with Crippen LogP contribution in [-0.2, 0) is 6.54 Å². The molecule has 0 N–H and O–H groups in total. The summed E-state index contributed by atoms with van der Waals surface area (Å²) in [5, 5.41) is 2.65. The van der Waals surface area contributed by atoms with E-state index in [9.17, 15) is 0 Å². The van der Waals surface area contributed by atoms with Gasteiger partial charge < -0.3 is 4.57 Å². The van der Waals surface area contributed by atoms with Gasteiger partial charge in [0.2, 0.25) is 0 Å². The lowest BCUT2D eigenvalue weighted by atomic mass is 9.99. The lowest BCUT2D eigenvalue weighted by molar-refractivity contribution is 0.827. The summed E-state index contributed by atoms with van der Waals surface area (Å²) in [4.78, 5) is 0. The van der Waals surface area contributed by atoms with Crippen molar-refractivity contribution < 1.29 is 0 Å². The van der Waals surface area contributed by atoms with E-state index in [1.54, 1.807) is 0 Å². The molecule has 0 saturated carbocycles. The maximum Gasteiger partial charge on any atom is 0.0497 e. The first-order chi connectivity index (χ1) is 14.3. The highest BCUT2D eigenvalue weighted by atomic mass is 15.0. The predicted molar refractivity (Wildman–Crippen MR) is 126 cm³/mol. The standard InChI is InChI=1S/C28H23N/c1-2-29-27-15-9-8-14-25(27)26-19-17-21(20-28(26)29)16-18-23-12-6-7-13-24(23)22-10-4-3-5-11-22/h3-20H,2H2,1H3. The fourth-order valence-corrected chi connectivity index (χ4v) is 4.22. The fraction of sp³-hybridized carbons (Fsp3) is 0.0714. The number of aryl methyl sites for hydroxylation is 1. The number of rotatable bonds is 4. The zero-order valence-electron chi connectivity index (χ0n) is 16.5. The Hall–Kier alpha value is -3.58. The molecule has 0 spiro atoms. The van der Waals surface area contributed by atoms with E-state index >= 15 is 0 Å². The van der Waals surface area contributed by atoms with Gasteiger partial charge in [0, 0.05) is 28.4 Å². The second kappa shape index (κ2) is 7.44. The van der Waals surface area contributed by atoms with E-state index in [0.717, 1.165) is 6.54 Å². The molecule has 0 aliphatic heterocycles. The Labute approximate surface area is 171 Å². The summed E-state index contributed by atoms with van der Waals surface area (Å²) in [7, 11) is 0. The fourth-order valence-electron chi connectivity index (χ4n) is 4.22. The van der Waals surface area contributed by atoms with Crippen molar-refractivity contribution in [2.24, 2.45) is 0 Å². The Balaban J connectivity index is 1.58. The van der Waals surface area contributed by atoms with Gasteiger partial charge in [-0.05, 0) is 41.3 Å². The van der Waals surface area contributed by atoms with Gasteiger partial charge in [0.15, 0.2) is 0 Å². The molecule has 0 unspecified atom stereocenters. The minimum atomic E-state index is 0.966. The van der Waals surface area contributed by atoms with Crippen LogP contribution in [0.2, 0.25) is 0 Å². The summed E-state index contributed by atoms with van der Waals surface area (Å²) in [6.45, 7) is 3.18. The molecule has 1 aromatic heterocycles. The number of para-hydroxylation sites is 1. The Bertz CT molecular complexity index is 1320. The van der Waals surface area contributed by atoms with Crippen LogP contribution in [0, 0.1) is 0 Å². The summed E-state index contributed by atoms with van der Waals surface area (Å²) in [5.41, 5.74) is 7.56. The Kier molecular flexibility index (Phi) is 4.50. The average molecular weight is 373 g/mol. The van der Waals surface area contributed by atoms with Crippen LogP contribution in [0.1, 0.15) is 18.1 Å². The normalized spacial score (nSPS) is 11.6. The number of fused-ring (bicyclic) bond motifs is 3. The van der Waals surface area contributed by atoms with E-state index in [1.165, 1.54) is 44.1 Å². The number of benzene rings is 4. The van der Waals surface area contributed by atoms with Gasteiger partial charge >= 0.3 is 0 Å². The van der Waals surface area contributed by atoms with E-state index in [2.05, 4.69) is 121 Å². The molecule has 0 fully saturated rings. The van der Waals surface area contributed by atoms with Crippen LogP contribution in [0.3, 0.4) is 0 Å². The van der Waals surface area contributed by atoms with Crippen molar-refractivity contribution in [1.82, 2.24) is 4.57 Å². The van der Waals surface area contributed by atoms with Crippen LogP contribution in [0.4, 0.5) is 0 Å². The molecular formula is C28H23N. The molecule has 0 atom stereocenters. The Morgan fingerprint density at radius 3 is 2.24 bits per heavy atom. The van der Waals surface area contributed by atoms with Crippen LogP contribution in [0.15, 0.2) is 97.1 Å². The zero-order valence-corrected chi connectivity index (χ0v) is 16.5. The smallest absolute Gasteiger partial charge is 0.0497 e. The highest BCUT2D eigenvalue weighted by molar-refractivity contribution is 6.08. The summed E-state index contributed by atoms with van der Waals surface area (Å²) in [6.07, 6.45) is 4.45. The van der Waals surface area contributed by atoms with Gasteiger partial charge in [0.1, 0.15) is 0 Å². The summed E-state index contributed by atoms with van der Waals surface area (Å²) in [5.74, 6) is 0. The van der Waals surface area contributed by atoms with Crippen molar-refractivity contribution in [3.8, 4) is 11.1 Å². The van der Waals surface area contributed by atoms with Crippen molar-refractivity contribution in [2.45, 2.75) is 13.5 Å². The predicted octanol–water partition coefficient (Wildman–Crippen LogP) is 7.65. The molecule has 0 aliphatic carbocycles. The van der Waals surface area contributed by atoms with Gasteiger partial charge in [0.25, 0.3) is 0 Å². The van der Waals surface area contributed by atoms with Gasteiger partial charge in [-0.2, -0.15) is 0 Å². The van der Waals surface area contributed by atoms with Gasteiger partial charge in [-0.15, -0.1) is 0 Å². The van der Waals surface area contributed by atoms with Crippen molar-refractivity contribution in [3.05, 3.63) is 108 Å². The van der Waals surface area contributed by atoms with Gasteiger partial charge in [-0.1, -0.05) is 97.1 Å². The molecule has 1 nitrogen and oxygen atoms in total. The first-order valence-electron chi connectivity index (χ1n) is 10.2. The second-order valence-electron chi connectivity index (χ2n) is 7.32. The zero-order chi connectivity index (χ0) is 19.6. The minimum Gasteiger partial charge on any atom is -0.341 e. The monoisotopic (exact) mass is 373 g/mol. The molecule has 4 aromatic carbocycles. The number of hydrogen-bond acceptors (Lipinski definition) is 0. The molecule has 5 rings (SSSR count). The molecule has 0 bridgehead atoms. The topological polar surface area (TPSA) is 4.93 Å². The van der Waals surface area contributed by atoms with Crippen LogP contribution in [0.5, 0.6) is 0 Å².